The lowest BCUT2D eigenvalue weighted by Gasteiger charge is -2.25. The number of fused-ring (bicyclic) bond motifs is 1. The van der Waals surface area contributed by atoms with E-state index in [9.17, 15) is 9.59 Å². The van der Waals surface area contributed by atoms with Gasteiger partial charge < -0.3 is 10.1 Å². The Kier molecular flexibility index (Phi) is 5.67. The molecule has 2 aromatic heterocycles. The number of nitrogens with one attached hydrogen (secondary N) is 1. The number of thiophene rings is 1. The molecule has 1 N–H and O–H groups in total. The Hall–Kier alpha value is -2.73. The van der Waals surface area contributed by atoms with E-state index < -0.39 is 12.1 Å². The zero-order valence-electron chi connectivity index (χ0n) is 15.5. The van der Waals surface area contributed by atoms with Crippen LogP contribution in [0.5, 0.6) is 0 Å². The van der Waals surface area contributed by atoms with E-state index in [0.717, 1.165) is 36.6 Å². The van der Waals surface area contributed by atoms with Crippen LogP contribution in [0, 0.1) is 0 Å². The summed E-state index contributed by atoms with van der Waals surface area (Å²) in [6, 6.07) is 12.9. The van der Waals surface area contributed by atoms with Crippen molar-refractivity contribution >= 4 is 34.1 Å². The zero-order chi connectivity index (χ0) is 19.3. The van der Waals surface area contributed by atoms with Gasteiger partial charge in [-0.25, -0.2) is 4.79 Å². The molecule has 5 nitrogen and oxygen atoms in total. The fraction of sp³-hybridized carbons (Fsp3) is 0.318. The van der Waals surface area contributed by atoms with Crippen molar-refractivity contribution in [3.8, 4) is 0 Å². The molecule has 6 heteroatoms. The Balaban J connectivity index is 1.61. The number of amides is 1. The molecule has 0 aliphatic heterocycles. The second-order valence-corrected chi connectivity index (χ2v) is 8.01. The minimum atomic E-state index is -0.985. The molecule has 1 aromatic carbocycles. The average molecular weight is 394 g/mol. The molecule has 28 heavy (non-hydrogen) atoms. The number of ether oxygens (including phenoxy) is 1. The first-order valence-electron chi connectivity index (χ1n) is 9.60. The highest BCUT2D eigenvalue weighted by Gasteiger charge is 2.28. The normalized spacial score (nSPS) is 15.9. The minimum absolute atomic E-state index is 0.145. The number of rotatable bonds is 5. The highest BCUT2D eigenvalue weighted by Crippen LogP contribution is 2.26. The number of hydrogen-bond acceptors (Lipinski definition) is 5. The van der Waals surface area contributed by atoms with Crippen molar-refractivity contribution in [2.45, 2.75) is 44.2 Å². The van der Waals surface area contributed by atoms with E-state index in [-0.39, 0.29) is 11.9 Å². The third-order valence-electron chi connectivity index (χ3n) is 5.07. The van der Waals surface area contributed by atoms with Crippen LogP contribution in [0.4, 0.5) is 0 Å². The van der Waals surface area contributed by atoms with E-state index in [0.29, 0.717) is 10.4 Å². The molecule has 1 atom stereocenters. The second-order valence-electron chi connectivity index (χ2n) is 7.06. The maximum absolute atomic E-state index is 13.1. The molecule has 0 spiro atoms. The summed E-state index contributed by atoms with van der Waals surface area (Å²) in [5, 5.41) is 5.81. The predicted octanol–water partition coefficient (Wildman–Crippen LogP) is 4.64. The van der Waals surface area contributed by atoms with Gasteiger partial charge in [0.1, 0.15) is 4.88 Å². The standard InChI is InChI=1S/C22H22N2O3S/c25-21(24-17-7-2-1-3-8-17)20(27-22(26)19-9-5-13-28-19)16-10-11-18-15(14-16)6-4-12-23-18/h4-6,9-14,17,20H,1-3,7-8H2,(H,24,25). The lowest BCUT2D eigenvalue weighted by Crippen LogP contribution is -2.40. The van der Waals surface area contributed by atoms with Gasteiger partial charge in [-0.1, -0.05) is 37.5 Å². The van der Waals surface area contributed by atoms with E-state index in [1.165, 1.54) is 17.8 Å². The van der Waals surface area contributed by atoms with E-state index >= 15 is 0 Å². The molecular weight excluding hydrogens is 372 g/mol. The van der Waals surface area contributed by atoms with Crippen LogP contribution in [-0.4, -0.2) is 22.9 Å². The molecule has 0 bridgehead atoms. The monoisotopic (exact) mass is 394 g/mol. The molecule has 0 radical (unpaired) electrons. The van der Waals surface area contributed by atoms with Gasteiger partial charge in [0.25, 0.3) is 5.91 Å². The van der Waals surface area contributed by atoms with Crippen LogP contribution in [0.25, 0.3) is 10.9 Å². The van der Waals surface area contributed by atoms with Gasteiger partial charge in [0, 0.05) is 23.2 Å². The Morgan fingerprint density at radius 1 is 1.11 bits per heavy atom. The lowest BCUT2D eigenvalue weighted by molar-refractivity contribution is -0.131. The van der Waals surface area contributed by atoms with Gasteiger partial charge in [0.15, 0.2) is 0 Å². The van der Waals surface area contributed by atoms with Crippen molar-refractivity contribution in [2.75, 3.05) is 0 Å². The molecule has 3 aromatic rings. The first-order valence-corrected chi connectivity index (χ1v) is 10.5. The van der Waals surface area contributed by atoms with Crippen LogP contribution < -0.4 is 5.32 Å². The van der Waals surface area contributed by atoms with Gasteiger partial charge in [0.2, 0.25) is 6.10 Å². The molecule has 2 heterocycles. The molecular formula is C22H22N2O3S. The van der Waals surface area contributed by atoms with Gasteiger partial charge in [-0.05, 0) is 42.5 Å². The van der Waals surface area contributed by atoms with E-state index in [1.54, 1.807) is 18.3 Å². The van der Waals surface area contributed by atoms with E-state index in [1.807, 2.05) is 35.7 Å². The third-order valence-corrected chi connectivity index (χ3v) is 5.92. The third kappa shape index (κ3) is 4.22. The highest BCUT2D eigenvalue weighted by atomic mass is 32.1. The zero-order valence-corrected chi connectivity index (χ0v) is 16.3. The summed E-state index contributed by atoms with van der Waals surface area (Å²) >= 11 is 1.30. The van der Waals surface area contributed by atoms with Crippen LogP contribution >= 0.6 is 11.3 Å². The molecule has 0 saturated heterocycles. The topological polar surface area (TPSA) is 68.3 Å². The molecule has 1 unspecified atom stereocenters. The first-order chi connectivity index (χ1) is 13.7. The van der Waals surface area contributed by atoms with Crippen LogP contribution in [0.2, 0.25) is 0 Å². The van der Waals surface area contributed by atoms with Gasteiger partial charge in [-0.15, -0.1) is 11.3 Å². The van der Waals surface area contributed by atoms with Crippen molar-refractivity contribution in [3.63, 3.8) is 0 Å². The molecule has 1 fully saturated rings. The second kappa shape index (κ2) is 8.52. The summed E-state index contributed by atoms with van der Waals surface area (Å²) in [7, 11) is 0. The summed E-state index contributed by atoms with van der Waals surface area (Å²) < 4.78 is 5.67. The fourth-order valence-electron chi connectivity index (χ4n) is 3.61. The summed E-state index contributed by atoms with van der Waals surface area (Å²) in [6.45, 7) is 0. The summed E-state index contributed by atoms with van der Waals surface area (Å²) in [5.74, 6) is -0.745. The van der Waals surface area contributed by atoms with Crippen LogP contribution in [0.1, 0.15) is 53.4 Å². The number of pyridine rings is 1. The van der Waals surface area contributed by atoms with Gasteiger partial charge in [0.05, 0.1) is 5.52 Å². The molecule has 1 aliphatic carbocycles. The van der Waals surface area contributed by atoms with Crippen molar-refractivity contribution in [1.82, 2.24) is 10.3 Å². The van der Waals surface area contributed by atoms with Crippen molar-refractivity contribution in [2.24, 2.45) is 0 Å². The average Bonchev–Trinajstić information content (AvgIpc) is 3.27. The predicted molar refractivity (Wildman–Crippen MR) is 109 cm³/mol. The number of carbonyl (C=O) groups excluding carboxylic acids is 2. The molecule has 1 amide bonds. The Labute approximate surface area is 167 Å². The first kappa shape index (κ1) is 18.6. The SMILES string of the molecule is O=C(OC(C(=O)NC1CCCCC1)c1ccc2ncccc2c1)c1cccs1. The Morgan fingerprint density at radius 3 is 2.75 bits per heavy atom. The number of aromatic nitrogens is 1. The maximum Gasteiger partial charge on any atom is 0.349 e. The fourth-order valence-corrected chi connectivity index (χ4v) is 4.22. The van der Waals surface area contributed by atoms with Crippen LogP contribution in [0.15, 0.2) is 54.0 Å². The minimum Gasteiger partial charge on any atom is -0.443 e. The highest BCUT2D eigenvalue weighted by molar-refractivity contribution is 7.11. The molecule has 4 rings (SSSR count). The van der Waals surface area contributed by atoms with Gasteiger partial charge >= 0.3 is 5.97 Å². The van der Waals surface area contributed by atoms with Gasteiger partial charge in [-0.2, -0.15) is 0 Å². The van der Waals surface area contributed by atoms with E-state index in [4.69, 9.17) is 4.74 Å². The quantitative estimate of drug-likeness (QED) is 0.640. The Bertz CT molecular complexity index is 965. The summed E-state index contributed by atoms with van der Waals surface area (Å²) in [5.41, 5.74) is 1.49. The molecule has 144 valence electrons. The largest absolute Gasteiger partial charge is 0.443 e. The van der Waals surface area contributed by atoms with Crippen LogP contribution in [0.3, 0.4) is 0 Å². The Morgan fingerprint density at radius 2 is 1.96 bits per heavy atom. The smallest absolute Gasteiger partial charge is 0.349 e. The maximum atomic E-state index is 13.1. The van der Waals surface area contributed by atoms with Crippen molar-refractivity contribution < 1.29 is 14.3 Å². The number of nitrogens with zero attached hydrogens (tertiary/aromatic N) is 1. The summed E-state index contributed by atoms with van der Waals surface area (Å²) in [4.78, 5) is 30.4. The number of benzene rings is 1. The number of carbonyl (C=O) groups is 2. The number of hydrogen-bond donors (Lipinski definition) is 1. The molecule has 1 saturated carbocycles. The van der Waals surface area contributed by atoms with Crippen LogP contribution in [-0.2, 0) is 9.53 Å². The summed E-state index contributed by atoms with van der Waals surface area (Å²) in [6.07, 6.45) is 6.13. The lowest BCUT2D eigenvalue weighted by atomic mass is 9.95. The molecule has 1 aliphatic rings. The number of esters is 1. The van der Waals surface area contributed by atoms with E-state index in [2.05, 4.69) is 10.3 Å². The van der Waals surface area contributed by atoms with Gasteiger partial charge in [-0.3, -0.25) is 9.78 Å². The van der Waals surface area contributed by atoms with Crippen molar-refractivity contribution in [3.05, 3.63) is 64.5 Å². The van der Waals surface area contributed by atoms with Crippen molar-refractivity contribution in [1.29, 1.82) is 0 Å².